The van der Waals surface area contributed by atoms with Crippen molar-refractivity contribution in [3.8, 4) is 11.5 Å². The summed E-state index contributed by atoms with van der Waals surface area (Å²) < 4.78 is 12.6. The third-order valence-electron chi connectivity index (χ3n) is 6.71. The number of likely N-dealkylation sites (tertiary alicyclic amines) is 1. The summed E-state index contributed by atoms with van der Waals surface area (Å²) in [5.74, 6) is 1.50. The summed E-state index contributed by atoms with van der Waals surface area (Å²) in [5.41, 5.74) is 7.52. The van der Waals surface area contributed by atoms with E-state index in [2.05, 4.69) is 73.3 Å². The average molecular weight is 516 g/mol. The first kappa shape index (κ1) is 25.0. The number of benzene rings is 3. The van der Waals surface area contributed by atoms with E-state index in [0.29, 0.717) is 0 Å². The molecule has 5 nitrogen and oxygen atoms in total. The Morgan fingerprint density at radius 2 is 1.31 bits per heavy atom. The Kier molecular flexibility index (Phi) is 7.50. The van der Waals surface area contributed by atoms with Crippen LogP contribution in [0.15, 0.2) is 64.6 Å². The van der Waals surface area contributed by atoms with Gasteiger partial charge in [-0.1, -0.05) is 42.5 Å². The van der Waals surface area contributed by atoms with Crippen molar-refractivity contribution in [1.82, 2.24) is 4.90 Å². The van der Waals surface area contributed by atoms with Gasteiger partial charge in [0, 0.05) is 43.2 Å². The molecule has 0 bridgehead atoms. The molecule has 3 aromatic carbocycles. The number of aliphatic imine (C=N–C) groups is 2. The molecule has 2 atom stereocenters. The van der Waals surface area contributed by atoms with Crippen LogP contribution in [0.5, 0.6) is 11.5 Å². The van der Waals surface area contributed by atoms with Crippen molar-refractivity contribution in [2.75, 3.05) is 13.1 Å². The van der Waals surface area contributed by atoms with Gasteiger partial charge in [-0.05, 0) is 67.6 Å². The van der Waals surface area contributed by atoms with E-state index in [1.54, 1.807) is 0 Å². The van der Waals surface area contributed by atoms with Crippen molar-refractivity contribution in [3.63, 3.8) is 0 Å². The molecule has 7 heteroatoms. The molecular formula is C29H31AlClN3O2. The van der Waals surface area contributed by atoms with Crippen LogP contribution in [0.25, 0.3) is 0 Å². The van der Waals surface area contributed by atoms with Gasteiger partial charge >= 0.3 is 13.9 Å². The molecule has 1 saturated heterocycles. The van der Waals surface area contributed by atoms with E-state index in [9.17, 15) is 0 Å². The zero-order chi connectivity index (χ0) is 25.2. The van der Waals surface area contributed by atoms with Crippen LogP contribution in [0, 0.1) is 27.7 Å². The standard InChI is InChI=1S/C29H33N3O2.Al.ClH/c1-19-10-21(3)28(33)24(12-19)14-30-26-17-32(16-23-8-6-5-7-9-23)18-27(26)31-15-25-13-20(2)11-22(4)29(25)34;;/h5-15,26-27,33-34H,16-18H2,1-4H3;;1H/q;+3;/p-3/t26-,27-;;/m1../s1. The number of rotatable bonds is 2. The molecule has 0 N–H and O–H groups in total. The molecule has 5 rings (SSSR count). The van der Waals surface area contributed by atoms with Gasteiger partial charge in [-0.2, -0.15) is 10.0 Å². The minimum absolute atomic E-state index is 0.0405. The van der Waals surface area contributed by atoms with Gasteiger partial charge in [0.15, 0.2) is 0 Å². The van der Waals surface area contributed by atoms with Crippen molar-refractivity contribution < 1.29 is 7.58 Å². The summed E-state index contributed by atoms with van der Waals surface area (Å²) >= 11 is -2.56. The highest BCUT2D eigenvalue weighted by atomic mass is 35.6. The maximum atomic E-state index is 6.72. The Hall–Kier alpha value is -2.62. The maximum Gasteiger partial charge on any atom is 0.999 e. The van der Waals surface area contributed by atoms with Crippen LogP contribution >= 0.6 is 10.0 Å². The molecule has 0 unspecified atom stereocenters. The molecule has 0 saturated carbocycles. The SMILES string of the molecule is Cc1cc(C)c2c(c1)C=N[C@@H]1CN(Cc3ccccc3)C[C@H]1N=Cc1cc(C)cc(C)c1[O][Al]([Cl])[O]2. The molecule has 0 spiro atoms. The minimum Gasteiger partial charge on any atom is -0.599 e. The van der Waals surface area contributed by atoms with E-state index >= 15 is 0 Å². The normalized spacial score (nSPS) is 19.8. The van der Waals surface area contributed by atoms with Crippen LogP contribution < -0.4 is 7.58 Å². The van der Waals surface area contributed by atoms with Gasteiger partial charge in [0.05, 0.1) is 23.6 Å². The minimum atomic E-state index is -2.56. The zero-order valence-electron chi connectivity index (χ0n) is 21.2. The quantitative estimate of drug-likeness (QED) is 0.411. The molecule has 2 heterocycles. The zero-order valence-corrected chi connectivity index (χ0v) is 23.2. The van der Waals surface area contributed by atoms with Crippen LogP contribution in [0.4, 0.5) is 0 Å². The van der Waals surface area contributed by atoms with Gasteiger partial charge in [0.1, 0.15) is 0 Å². The monoisotopic (exact) mass is 515 g/mol. The van der Waals surface area contributed by atoms with Gasteiger partial charge in [-0.25, -0.2) is 0 Å². The van der Waals surface area contributed by atoms with E-state index < -0.39 is 13.9 Å². The molecule has 2 aliphatic rings. The molecule has 0 aliphatic carbocycles. The third kappa shape index (κ3) is 5.69. The smallest absolute Gasteiger partial charge is 0.599 e. The van der Waals surface area contributed by atoms with E-state index in [1.165, 1.54) is 5.56 Å². The molecule has 2 aliphatic heterocycles. The highest BCUT2D eigenvalue weighted by Crippen LogP contribution is 2.30. The second-order valence-electron chi connectivity index (χ2n) is 9.88. The van der Waals surface area contributed by atoms with Crippen molar-refractivity contribution in [2.24, 2.45) is 9.98 Å². The molecule has 36 heavy (non-hydrogen) atoms. The highest BCUT2D eigenvalue weighted by Gasteiger charge is 2.35. The van der Waals surface area contributed by atoms with E-state index in [4.69, 9.17) is 27.6 Å². The van der Waals surface area contributed by atoms with Crippen LogP contribution in [0.2, 0.25) is 0 Å². The van der Waals surface area contributed by atoms with Crippen molar-refractivity contribution in [2.45, 2.75) is 46.3 Å². The lowest BCUT2D eigenvalue weighted by molar-refractivity contribution is 0.324. The number of hydrogen-bond acceptors (Lipinski definition) is 5. The number of halogens is 1. The molecule has 1 fully saturated rings. The first-order valence-electron chi connectivity index (χ1n) is 12.4. The lowest BCUT2D eigenvalue weighted by Crippen LogP contribution is -2.25. The predicted octanol–water partition coefficient (Wildman–Crippen LogP) is 5.71. The maximum absolute atomic E-state index is 6.72. The van der Waals surface area contributed by atoms with E-state index in [-0.39, 0.29) is 12.1 Å². The summed E-state index contributed by atoms with van der Waals surface area (Å²) in [4.78, 5) is 12.5. The van der Waals surface area contributed by atoms with E-state index in [1.807, 2.05) is 26.3 Å². The lowest BCUT2D eigenvalue weighted by atomic mass is 10.1. The van der Waals surface area contributed by atoms with Gasteiger partial charge in [-0.3, -0.25) is 14.9 Å². The van der Waals surface area contributed by atoms with Gasteiger partial charge < -0.3 is 7.58 Å². The molecule has 0 aromatic heterocycles. The lowest BCUT2D eigenvalue weighted by Gasteiger charge is -2.19. The Labute approximate surface area is 222 Å². The average Bonchev–Trinajstić information content (AvgIpc) is 3.21. The highest BCUT2D eigenvalue weighted by molar-refractivity contribution is 7.00. The Balaban J connectivity index is 1.55. The second-order valence-corrected chi connectivity index (χ2v) is 12.0. The fourth-order valence-corrected chi connectivity index (χ4v) is 6.76. The summed E-state index contributed by atoms with van der Waals surface area (Å²) in [7, 11) is 6.72. The van der Waals surface area contributed by atoms with E-state index in [0.717, 1.165) is 64.5 Å². The molecule has 0 radical (unpaired) electrons. The number of fused-ring (bicyclic) bond motifs is 3. The second kappa shape index (κ2) is 10.8. The molecule has 0 amide bonds. The van der Waals surface area contributed by atoms with Crippen LogP contribution in [-0.4, -0.2) is 56.4 Å². The van der Waals surface area contributed by atoms with Crippen molar-refractivity contribution >= 4 is 36.4 Å². The third-order valence-corrected chi connectivity index (χ3v) is 8.09. The Morgan fingerprint density at radius 3 is 1.81 bits per heavy atom. The molecule has 184 valence electrons. The van der Waals surface area contributed by atoms with Crippen LogP contribution in [0.1, 0.15) is 38.9 Å². The Morgan fingerprint density at radius 1 is 0.806 bits per heavy atom. The number of aryl methyl sites for hydroxylation is 4. The Bertz CT molecular complexity index is 1230. The fourth-order valence-electron chi connectivity index (χ4n) is 5.16. The van der Waals surface area contributed by atoms with Crippen LogP contribution in [0.3, 0.4) is 0 Å². The first-order valence-corrected chi connectivity index (χ1v) is 15.1. The molecular weight excluding hydrogens is 485 g/mol. The largest absolute Gasteiger partial charge is 0.999 e. The summed E-state index contributed by atoms with van der Waals surface area (Å²) in [6, 6.07) is 19.1. The first-order chi connectivity index (χ1) is 17.4. The summed E-state index contributed by atoms with van der Waals surface area (Å²) in [6.45, 7) is 10.8. The number of nitrogens with zero attached hydrogens (tertiary/aromatic N) is 3. The fraction of sp³-hybridized carbons (Fsp3) is 0.310. The van der Waals surface area contributed by atoms with Crippen molar-refractivity contribution in [1.29, 1.82) is 0 Å². The summed E-state index contributed by atoms with van der Waals surface area (Å²) in [6.07, 6.45) is 3.87. The van der Waals surface area contributed by atoms with Crippen LogP contribution in [-0.2, 0) is 6.54 Å². The topological polar surface area (TPSA) is 46.4 Å². The summed E-state index contributed by atoms with van der Waals surface area (Å²) in [5, 5.41) is 0. The van der Waals surface area contributed by atoms with Gasteiger partial charge in [0.2, 0.25) is 0 Å². The predicted molar refractivity (Wildman–Crippen MR) is 149 cm³/mol. The van der Waals surface area contributed by atoms with Crippen molar-refractivity contribution in [3.05, 3.63) is 93.5 Å². The number of hydrogen-bond donors (Lipinski definition) is 0. The van der Waals surface area contributed by atoms with Gasteiger partial charge in [-0.15, -0.1) is 0 Å². The molecule has 3 aromatic rings. The van der Waals surface area contributed by atoms with Gasteiger partial charge in [0.25, 0.3) is 0 Å².